The van der Waals surface area contributed by atoms with Crippen molar-refractivity contribution in [2.45, 2.75) is 25.3 Å². The van der Waals surface area contributed by atoms with Crippen LogP contribution in [0.15, 0.2) is 54.6 Å². The summed E-state index contributed by atoms with van der Waals surface area (Å²) in [6.45, 7) is 2.73. The van der Waals surface area contributed by atoms with E-state index in [0.29, 0.717) is 44.1 Å². The maximum atomic E-state index is 12.7. The van der Waals surface area contributed by atoms with Gasteiger partial charge in [-0.05, 0) is 30.5 Å². The van der Waals surface area contributed by atoms with E-state index in [9.17, 15) is 14.4 Å². The van der Waals surface area contributed by atoms with Crippen molar-refractivity contribution in [2.75, 3.05) is 32.7 Å². The van der Waals surface area contributed by atoms with Gasteiger partial charge in [0.05, 0.1) is 6.54 Å². The van der Waals surface area contributed by atoms with Gasteiger partial charge in [-0.3, -0.25) is 14.7 Å². The van der Waals surface area contributed by atoms with Crippen LogP contribution in [0.3, 0.4) is 0 Å². The number of carbonyl (C=O) groups is 3. The van der Waals surface area contributed by atoms with Crippen LogP contribution in [0.5, 0.6) is 0 Å². The molecule has 0 atom stereocenters. The van der Waals surface area contributed by atoms with E-state index < -0.39 is 0 Å². The summed E-state index contributed by atoms with van der Waals surface area (Å²) in [6, 6.07) is 16.9. The molecule has 1 aromatic heterocycles. The molecule has 0 radical (unpaired) electrons. The summed E-state index contributed by atoms with van der Waals surface area (Å²) in [5.41, 5.74) is 2.42. The van der Waals surface area contributed by atoms with Crippen LogP contribution in [-0.2, 0) is 11.3 Å². The predicted octanol–water partition coefficient (Wildman–Crippen LogP) is 2.13. The van der Waals surface area contributed by atoms with E-state index in [1.54, 1.807) is 17.0 Å². The highest BCUT2D eigenvalue weighted by Gasteiger charge is 2.26. The zero-order valence-corrected chi connectivity index (χ0v) is 19.9. The van der Waals surface area contributed by atoms with Crippen molar-refractivity contribution >= 4 is 17.8 Å². The fourth-order valence-electron chi connectivity index (χ4n) is 4.58. The second kappa shape index (κ2) is 10.6. The van der Waals surface area contributed by atoms with Gasteiger partial charge in [0.15, 0.2) is 5.82 Å². The van der Waals surface area contributed by atoms with Gasteiger partial charge in [-0.1, -0.05) is 42.5 Å². The maximum Gasteiger partial charge on any atom is 0.317 e. The van der Waals surface area contributed by atoms with Crippen LogP contribution >= 0.6 is 0 Å². The number of nitrogens with zero attached hydrogens (tertiary/aromatic N) is 4. The molecule has 10 heteroatoms. The van der Waals surface area contributed by atoms with E-state index in [2.05, 4.69) is 25.8 Å². The maximum absolute atomic E-state index is 12.7. The van der Waals surface area contributed by atoms with Crippen molar-refractivity contribution in [1.29, 1.82) is 0 Å². The molecule has 2 fully saturated rings. The Morgan fingerprint density at radius 3 is 2.44 bits per heavy atom. The van der Waals surface area contributed by atoms with Gasteiger partial charge in [0, 0.05) is 49.8 Å². The summed E-state index contributed by atoms with van der Waals surface area (Å²) in [7, 11) is 0. The molecule has 0 unspecified atom stereocenters. The minimum atomic E-state index is -0.161. The van der Waals surface area contributed by atoms with Crippen LogP contribution in [0.25, 0.3) is 11.4 Å². The lowest BCUT2D eigenvalue weighted by Gasteiger charge is -2.31. The molecular weight excluding hydrogens is 458 g/mol. The molecule has 2 aliphatic rings. The largest absolute Gasteiger partial charge is 0.353 e. The minimum absolute atomic E-state index is 0.0813. The summed E-state index contributed by atoms with van der Waals surface area (Å²) in [5, 5.41) is 13.1. The number of amides is 4. The Kier molecular flexibility index (Phi) is 6.92. The van der Waals surface area contributed by atoms with Crippen molar-refractivity contribution in [3.8, 4) is 11.4 Å². The Bertz CT molecular complexity index is 1220. The Morgan fingerprint density at radius 2 is 1.72 bits per heavy atom. The number of piperidine rings is 1. The quantitative estimate of drug-likeness (QED) is 0.509. The molecule has 4 amide bonds. The van der Waals surface area contributed by atoms with Gasteiger partial charge in [-0.25, -0.2) is 9.78 Å². The summed E-state index contributed by atoms with van der Waals surface area (Å²) in [6.07, 6.45) is 1.64. The molecule has 0 bridgehead atoms. The van der Waals surface area contributed by atoms with Crippen molar-refractivity contribution in [1.82, 2.24) is 35.6 Å². The molecule has 2 aliphatic heterocycles. The number of urea groups is 1. The van der Waals surface area contributed by atoms with Crippen molar-refractivity contribution in [3.05, 3.63) is 71.5 Å². The fourth-order valence-corrected chi connectivity index (χ4v) is 4.58. The summed E-state index contributed by atoms with van der Waals surface area (Å²) in [4.78, 5) is 44.9. The number of hydrogen-bond donors (Lipinski definition) is 3. The monoisotopic (exact) mass is 487 g/mol. The molecular formula is C26H29N7O3. The van der Waals surface area contributed by atoms with Crippen LogP contribution in [0.1, 0.15) is 40.5 Å². The molecule has 0 aliphatic carbocycles. The SMILES string of the molecule is O=C1CN(C(=O)c2ccc(CNC(=O)N3CCC(c4nc(-c5ccccc5)n[nH]4)CC3)cc2)CCN1. The topological polar surface area (TPSA) is 123 Å². The van der Waals surface area contributed by atoms with Gasteiger partial charge in [-0.2, -0.15) is 5.10 Å². The third-order valence-electron chi connectivity index (χ3n) is 6.67. The number of H-pyrrole nitrogens is 1. The smallest absolute Gasteiger partial charge is 0.317 e. The van der Waals surface area contributed by atoms with Crippen LogP contribution in [0, 0.1) is 0 Å². The average Bonchev–Trinajstić information content (AvgIpc) is 3.43. The number of aromatic nitrogens is 3. The van der Waals surface area contributed by atoms with E-state index in [0.717, 1.165) is 29.8 Å². The van der Waals surface area contributed by atoms with Gasteiger partial charge in [-0.15, -0.1) is 0 Å². The number of carbonyl (C=O) groups excluding carboxylic acids is 3. The van der Waals surface area contributed by atoms with E-state index in [4.69, 9.17) is 0 Å². The lowest BCUT2D eigenvalue weighted by atomic mass is 9.96. The fraction of sp³-hybridized carbons (Fsp3) is 0.346. The standard InChI is InChI=1S/C26H29N7O3/c34-22-17-33(15-12-27-22)25(35)21-8-6-18(7-9-21)16-28-26(36)32-13-10-20(11-14-32)24-29-23(30-31-24)19-4-2-1-3-5-19/h1-9,20H,10-17H2,(H,27,34)(H,28,36)(H,29,30,31). The summed E-state index contributed by atoms with van der Waals surface area (Å²) >= 11 is 0. The van der Waals surface area contributed by atoms with E-state index in [1.807, 2.05) is 47.4 Å². The molecule has 3 N–H and O–H groups in total. The predicted molar refractivity (Wildman–Crippen MR) is 133 cm³/mol. The van der Waals surface area contributed by atoms with Crippen LogP contribution in [0.2, 0.25) is 0 Å². The first kappa shape index (κ1) is 23.5. The first-order valence-corrected chi connectivity index (χ1v) is 12.2. The van der Waals surface area contributed by atoms with Crippen molar-refractivity contribution in [2.24, 2.45) is 0 Å². The van der Waals surface area contributed by atoms with E-state index in [1.165, 1.54) is 0 Å². The summed E-state index contributed by atoms with van der Waals surface area (Å²) in [5.74, 6) is 1.50. The Hall–Kier alpha value is -4.21. The van der Waals surface area contributed by atoms with Crippen LogP contribution < -0.4 is 10.6 Å². The van der Waals surface area contributed by atoms with Crippen LogP contribution in [-0.4, -0.2) is 75.6 Å². The zero-order chi connectivity index (χ0) is 24.9. The van der Waals surface area contributed by atoms with Gasteiger partial charge in [0.2, 0.25) is 5.91 Å². The third kappa shape index (κ3) is 5.37. The molecule has 3 heterocycles. The number of nitrogens with one attached hydrogen (secondary N) is 3. The van der Waals surface area contributed by atoms with Crippen molar-refractivity contribution < 1.29 is 14.4 Å². The highest BCUT2D eigenvalue weighted by molar-refractivity contribution is 5.97. The molecule has 3 aromatic rings. The van der Waals surface area contributed by atoms with Gasteiger partial charge in [0.1, 0.15) is 5.82 Å². The Morgan fingerprint density at radius 1 is 0.972 bits per heavy atom. The number of benzene rings is 2. The number of piperazine rings is 1. The zero-order valence-electron chi connectivity index (χ0n) is 19.9. The molecule has 36 heavy (non-hydrogen) atoms. The number of likely N-dealkylation sites (tertiary alicyclic amines) is 1. The molecule has 10 nitrogen and oxygen atoms in total. The molecule has 186 valence electrons. The Balaban J connectivity index is 1.09. The minimum Gasteiger partial charge on any atom is -0.353 e. The van der Waals surface area contributed by atoms with Gasteiger partial charge < -0.3 is 20.4 Å². The second-order valence-electron chi connectivity index (χ2n) is 9.10. The van der Waals surface area contributed by atoms with Gasteiger partial charge in [0.25, 0.3) is 5.91 Å². The van der Waals surface area contributed by atoms with E-state index >= 15 is 0 Å². The normalized spacial score (nSPS) is 16.5. The third-order valence-corrected chi connectivity index (χ3v) is 6.67. The molecule has 0 spiro atoms. The molecule has 2 saturated heterocycles. The number of aromatic amines is 1. The van der Waals surface area contributed by atoms with Crippen molar-refractivity contribution in [3.63, 3.8) is 0 Å². The highest BCUT2D eigenvalue weighted by atomic mass is 16.2. The Labute approximate surface area is 209 Å². The molecule has 5 rings (SSSR count). The average molecular weight is 488 g/mol. The van der Waals surface area contributed by atoms with Crippen LogP contribution in [0.4, 0.5) is 4.79 Å². The lowest BCUT2D eigenvalue weighted by Crippen LogP contribution is -2.49. The first-order chi connectivity index (χ1) is 17.6. The highest BCUT2D eigenvalue weighted by Crippen LogP contribution is 2.27. The van der Waals surface area contributed by atoms with Gasteiger partial charge >= 0.3 is 6.03 Å². The first-order valence-electron chi connectivity index (χ1n) is 12.2. The number of rotatable bonds is 5. The number of hydrogen-bond acceptors (Lipinski definition) is 5. The molecule has 0 saturated carbocycles. The second-order valence-corrected chi connectivity index (χ2v) is 9.10. The lowest BCUT2D eigenvalue weighted by molar-refractivity contribution is -0.123. The molecule has 2 aromatic carbocycles. The van der Waals surface area contributed by atoms with E-state index in [-0.39, 0.29) is 30.3 Å². The summed E-state index contributed by atoms with van der Waals surface area (Å²) < 4.78 is 0.